The molecule has 1 unspecified atom stereocenters. The largest absolute Gasteiger partial charge is 0.508 e. The summed E-state index contributed by atoms with van der Waals surface area (Å²) in [6.07, 6.45) is 3.63. The molecule has 1 aromatic rings. The number of likely N-dealkylation sites (tertiary alicyclic amines) is 1. The molecule has 152 valence electrons. The zero-order chi connectivity index (χ0) is 18.9. The Labute approximate surface area is 179 Å². The van der Waals surface area contributed by atoms with Crippen LogP contribution in [0.25, 0.3) is 0 Å². The lowest BCUT2D eigenvalue weighted by Gasteiger charge is -2.24. The number of nitrogens with one attached hydrogen (secondary N) is 2. The van der Waals surface area contributed by atoms with Gasteiger partial charge in [0.25, 0.3) is 0 Å². The summed E-state index contributed by atoms with van der Waals surface area (Å²) in [5.41, 5.74) is 0.656. The topological polar surface area (TPSA) is 77.0 Å². The molecule has 1 aliphatic heterocycles. The molecule has 0 radical (unpaired) electrons. The van der Waals surface area contributed by atoms with E-state index in [2.05, 4.69) is 34.4 Å². The zero-order valence-electron chi connectivity index (χ0n) is 16.6. The predicted molar refractivity (Wildman–Crippen MR) is 122 cm³/mol. The van der Waals surface area contributed by atoms with Crippen molar-refractivity contribution in [1.82, 2.24) is 10.2 Å². The highest BCUT2D eigenvalue weighted by molar-refractivity contribution is 14.0. The van der Waals surface area contributed by atoms with Gasteiger partial charge in [-0.25, -0.2) is 4.99 Å². The van der Waals surface area contributed by atoms with Crippen molar-refractivity contribution in [3.8, 4) is 5.75 Å². The number of amides is 1. The molecule has 1 atom stereocenters. The lowest BCUT2D eigenvalue weighted by atomic mass is 9.87. The van der Waals surface area contributed by atoms with E-state index in [0.29, 0.717) is 11.6 Å². The number of hydrogen-bond donors (Lipinski definition) is 3. The monoisotopic (exact) mass is 488 g/mol. The van der Waals surface area contributed by atoms with Gasteiger partial charge in [-0.1, -0.05) is 26.7 Å². The van der Waals surface area contributed by atoms with Gasteiger partial charge in [0.15, 0.2) is 5.96 Å². The minimum absolute atomic E-state index is 0. The van der Waals surface area contributed by atoms with Crippen LogP contribution in [0, 0.1) is 11.8 Å². The first kappa shape index (κ1) is 23.5. The minimum Gasteiger partial charge on any atom is -0.508 e. The van der Waals surface area contributed by atoms with Gasteiger partial charge in [0, 0.05) is 25.3 Å². The second-order valence-corrected chi connectivity index (χ2v) is 6.84. The van der Waals surface area contributed by atoms with Crippen molar-refractivity contribution < 1.29 is 9.90 Å². The van der Waals surface area contributed by atoms with E-state index in [9.17, 15) is 9.90 Å². The van der Waals surface area contributed by atoms with Crippen LogP contribution < -0.4 is 10.6 Å². The van der Waals surface area contributed by atoms with Crippen LogP contribution >= 0.6 is 24.0 Å². The molecular formula is C20H33IN4O2. The first-order valence-corrected chi connectivity index (χ1v) is 9.69. The highest BCUT2D eigenvalue weighted by Gasteiger charge is 2.29. The smallest absolute Gasteiger partial charge is 0.246 e. The van der Waals surface area contributed by atoms with E-state index >= 15 is 0 Å². The summed E-state index contributed by atoms with van der Waals surface area (Å²) < 4.78 is 0. The molecule has 6 nitrogen and oxygen atoms in total. The summed E-state index contributed by atoms with van der Waals surface area (Å²) >= 11 is 0. The first-order valence-electron chi connectivity index (χ1n) is 9.69. The van der Waals surface area contributed by atoms with Crippen molar-refractivity contribution in [1.29, 1.82) is 0 Å². The number of aromatic hydroxyl groups is 1. The maximum atomic E-state index is 12.2. The Bertz CT molecular complexity index is 603. The van der Waals surface area contributed by atoms with E-state index in [1.807, 2.05) is 6.92 Å². The van der Waals surface area contributed by atoms with Crippen molar-refractivity contribution in [2.75, 3.05) is 31.5 Å². The summed E-state index contributed by atoms with van der Waals surface area (Å²) in [4.78, 5) is 19.0. The molecule has 0 bridgehead atoms. The third-order valence-electron chi connectivity index (χ3n) is 5.10. The number of halogens is 1. The number of aliphatic imine (C=N–C) groups is 1. The number of benzene rings is 1. The molecule has 1 amide bonds. The molecule has 2 rings (SSSR count). The molecule has 1 saturated heterocycles. The number of phenolic OH excluding ortho intramolecular Hbond substituents is 1. The van der Waals surface area contributed by atoms with E-state index in [1.54, 1.807) is 24.3 Å². The molecule has 1 heterocycles. The van der Waals surface area contributed by atoms with E-state index < -0.39 is 0 Å². The Morgan fingerprint density at radius 1 is 1.26 bits per heavy atom. The molecule has 27 heavy (non-hydrogen) atoms. The summed E-state index contributed by atoms with van der Waals surface area (Å²) in [5, 5.41) is 15.4. The van der Waals surface area contributed by atoms with Gasteiger partial charge in [-0.3, -0.25) is 4.79 Å². The highest BCUT2D eigenvalue weighted by atomic mass is 127. The van der Waals surface area contributed by atoms with Gasteiger partial charge < -0.3 is 20.6 Å². The molecule has 0 spiro atoms. The van der Waals surface area contributed by atoms with Crippen LogP contribution in [0.2, 0.25) is 0 Å². The van der Waals surface area contributed by atoms with Crippen molar-refractivity contribution in [2.24, 2.45) is 16.8 Å². The summed E-state index contributed by atoms with van der Waals surface area (Å²) in [5.74, 6) is 2.31. The van der Waals surface area contributed by atoms with Gasteiger partial charge in [0.2, 0.25) is 5.91 Å². The van der Waals surface area contributed by atoms with Crippen LogP contribution in [0.3, 0.4) is 0 Å². The van der Waals surface area contributed by atoms with Gasteiger partial charge in [-0.2, -0.15) is 0 Å². The van der Waals surface area contributed by atoms with Gasteiger partial charge in [0.1, 0.15) is 12.3 Å². The van der Waals surface area contributed by atoms with Gasteiger partial charge >= 0.3 is 0 Å². The number of hydrogen-bond acceptors (Lipinski definition) is 3. The number of nitrogens with zero attached hydrogens (tertiary/aromatic N) is 2. The Morgan fingerprint density at radius 2 is 1.93 bits per heavy atom. The van der Waals surface area contributed by atoms with Crippen LogP contribution in [-0.2, 0) is 4.79 Å². The fraction of sp³-hybridized carbons (Fsp3) is 0.600. The van der Waals surface area contributed by atoms with Crippen molar-refractivity contribution in [2.45, 2.75) is 40.0 Å². The van der Waals surface area contributed by atoms with E-state index in [-0.39, 0.29) is 42.2 Å². The SMILES string of the molecule is CCNC(=NCC(=O)Nc1ccc(O)cc1)N1CCC(C(CC)CC)C1.I. The fourth-order valence-corrected chi connectivity index (χ4v) is 3.64. The summed E-state index contributed by atoms with van der Waals surface area (Å²) in [6, 6.07) is 6.43. The van der Waals surface area contributed by atoms with Crippen molar-refractivity contribution >= 4 is 41.5 Å². The molecule has 0 saturated carbocycles. The number of guanidine groups is 1. The number of anilines is 1. The predicted octanol–water partition coefficient (Wildman–Crippen LogP) is 3.67. The van der Waals surface area contributed by atoms with E-state index in [4.69, 9.17) is 0 Å². The minimum atomic E-state index is -0.165. The summed E-state index contributed by atoms with van der Waals surface area (Å²) in [7, 11) is 0. The number of carbonyl (C=O) groups is 1. The van der Waals surface area contributed by atoms with Gasteiger partial charge in [-0.15, -0.1) is 24.0 Å². The van der Waals surface area contributed by atoms with Crippen LogP contribution in [0.5, 0.6) is 5.75 Å². The second-order valence-electron chi connectivity index (χ2n) is 6.84. The molecule has 0 aliphatic carbocycles. The van der Waals surface area contributed by atoms with Gasteiger partial charge in [0.05, 0.1) is 0 Å². The lowest BCUT2D eigenvalue weighted by Crippen LogP contribution is -2.41. The molecule has 7 heteroatoms. The fourth-order valence-electron chi connectivity index (χ4n) is 3.64. The van der Waals surface area contributed by atoms with Crippen LogP contribution in [0.4, 0.5) is 5.69 Å². The molecule has 1 aliphatic rings. The van der Waals surface area contributed by atoms with Crippen LogP contribution in [0.1, 0.15) is 40.0 Å². The quantitative estimate of drug-likeness (QED) is 0.237. The molecule has 1 aromatic carbocycles. The Hall–Kier alpha value is -1.51. The second kappa shape index (κ2) is 12.0. The maximum absolute atomic E-state index is 12.2. The van der Waals surface area contributed by atoms with Gasteiger partial charge in [-0.05, 0) is 49.4 Å². The highest BCUT2D eigenvalue weighted by Crippen LogP contribution is 2.28. The average Bonchev–Trinajstić information content (AvgIpc) is 3.11. The normalized spacial score (nSPS) is 17.0. The van der Waals surface area contributed by atoms with Crippen LogP contribution in [-0.4, -0.2) is 48.1 Å². The summed E-state index contributed by atoms with van der Waals surface area (Å²) in [6.45, 7) is 9.44. The Morgan fingerprint density at radius 3 is 2.52 bits per heavy atom. The molecule has 0 aromatic heterocycles. The average molecular weight is 488 g/mol. The van der Waals surface area contributed by atoms with E-state index in [1.165, 1.54) is 19.3 Å². The molecule has 1 fully saturated rings. The third kappa shape index (κ3) is 7.20. The number of rotatable bonds is 7. The Balaban J connectivity index is 0.00000364. The van der Waals surface area contributed by atoms with Crippen molar-refractivity contribution in [3.05, 3.63) is 24.3 Å². The molecule has 3 N–H and O–H groups in total. The van der Waals surface area contributed by atoms with E-state index in [0.717, 1.165) is 31.5 Å². The number of phenols is 1. The maximum Gasteiger partial charge on any atom is 0.246 e. The lowest BCUT2D eigenvalue weighted by molar-refractivity contribution is -0.114. The third-order valence-corrected chi connectivity index (χ3v) is 5.10. The Kier molecular flexibility index (Phi) is 10.5. The molecular weight excluding hydrogens is 455 g/mol. The van der Waals surface area contributed by atoms with Crippen LogP contribution in [0.15, 0.2) is 29.3 Å². The van der Waals surface area contributed by atoms with Crippen molar-refractivity contribution in [3.63, 3.8) is 0 Å². The first-order chi connectivity index (χ1) is 12.6. The zero-order valence-corrected chi connectivity index (χ0v) is 18.9. The number of carbonyl (C=O) groups excluding carboxylic acids is 1. The standard InChI is InChI=1S/C20H32N4O2.HI/c1-4-15(5-2)16-11-12-24(14-16)20(21-6-3)22-13-19(26)23-17-7-9-18(25)10-8-17;/h7-10,15-16,25H,4-6,11-14H2,1-3H3,(H,21,22)(H,23,26);1H.